The van der Waals surface area contributed by atoms with Gasteiger partial charge in [0.05, 0.1) is 6.04 Å². The number of nitrogens with two attached hydrogens (primary N) is 1. The summed E-state index contributed by atoms with van der Waals surface area (Å²) in [6, 6.07) is 13.6. The van der Waals surface area contributed by atoms with Crippen molar-refractivity contribution in [3.05, 3.63) is 59.7 Å². The molecule has 0 bridgehead atoms. The molecule has 0 aliphatic rings. The van der Waals surface area contributed by atoms with Gasteiger partial charge in [-0.3, -0.25) is 4.79 Å². The van der Waals surface area contributed by atoms with Gasteiger partial charge in [-0.05, 0) is 30.5 Å². The van der Waals surface area contributed by atoms with Gasteiger partial charge >= 0.3 is 0 Å². The fourth-order valence-electron chi connectivity index (χ4n) is 2.18. The number of hydrogen-bond donors (Lipinski definition) is 2. The van der Waals surface area contributed by atoms with Gasteiger partial charge < -0.3 is 15.8 Å². The van der Waals surface area contributed by atoms with Gasteiger partial charge in [0.15, 0.2) is 0 Å². The average molecular weight is 371 g/mol. The van der Waals surface area contributed by atoms with E-state index < -0.39 is 19.1 Å². The summed E-state index contributed by atoms with van der Waals surface area (Å²) in [6.45, 7) is 1.05. The molecule has 1 atom stereocenters. The molecule has 0 aliphatic carbocycles. The molecular formula is C18H21ClF2N2O2. The molecule has 2 rings (SSSR count). The maximum Gasteiger partial charge on any atom is 0.272 e. The number of aryl methyl sites for hydroxylation is 1. The quantitative estimate of drug-likeness (QED) is 0.783. The number of carbonyl (C=O) groups is 1. The lowest BCUT2D eigenvalue weighted by Crippen LogP contribution is -2.37. The first kappa shape index (κ1) is 20.9. The Bertz CT molecular complexity index is 684. The smallest absolute Gasteiger partial charge is 0.272 e. The molecule has 0 heterocycles. The van der Waals surface area contributed by atoms with E-state index in [4.69, 9.17) is 10.5 Å². The van der Waals surface area contributed by atoms with Crippen LogP contribution in [0.15, 0.2) is 48.5 Å². The summed E-state index contributed by atoms with van der Waals surface area (Å²) >= 11 is 0. The van der Waals surface area contributed by atoms with Crippen molar-refractivity contribution in [2.45, 2.75) is 25.8 Å². The normalized spacial score (nSPS) is 11.6. The lowest BCUT2D eigenvalue weighted by Gasteiger charge is -2.14. The van der Waals surface area contributed by atoms with Gasteiger partial charge in [-0.1, -0.05) is 36.4 Å². The molecule has 3 N–H and O–H groups in total. The van der Waals surface area contributed by atoms with Crippen LogP contribution in [-0.4, -0.2) is 25.0 Å². The second kappa shape index (κ2) is 9.96. The Morgan fingerprint density at radius 3 is 2.52 bits per heavy atom. The SMILES string of the molecule is Cc1ccc(NC(=O)[C@@H](N)Cc2ccccc2)cc1OCC(F)F.Cl. The molecule has 0 unspecified atom stereocenters. The molecule has 2 aromatic rings. The van der Waals surface area contributed by atoms with E-state index in [0.29, 0.717) is 23.4 Å². The highest BCUT2D eigenvalue weighted by molar-refractivity contribution is 5.95. The van der Waals surface area contributed by atoms with Gasteiger partial charge in [-0.15, -0.1) is 12.4 Å². The summed E-state index contributed by atoms with van der Waals surface area (Å²) in [5.74, 6) is -0.0350. The summed E-state index contributed by atoms with van der Waals surface area (Å²) in [5, 5.41) is 2.69. The van der Waals surface area contributed by atoms with E-state index in [1.54, 1.807) is 19.1 Å². The molecular weight excluding hydrogens is 350 g/mol. The first-order valence-electron chi connectivity index (χ1n) is 7.57. The van der Waals surface area contributed by atoms with E-state index >= 15 is 0 Å². The molecule has 0 fully saturated rings. The van der Waals surface area contributed by atoms with Gasteiger partial charge in [0, 0.05) is 11.8 Å². The van der Waals surface area contributed by atoms with Crippen LogP contribution in [0.5, 0.6) is 5.75 Å². The van der Waals surface area contributed by atoms with Crippen LogP contribution < -0.4 is 15.8 Å². The standard InChI is InChI=1S/C18H20F2N2O2.ClH/c1-12-7-8-14(10-16(12)24-11-17(19)20)22-18(23)15(21)9-13-5-3-2-4-6-13;/h2-8,10,15,17H,9,11,21H2,1H3,(H,22,23);1H/t15-;/m0./s1. The maximum atomic E-state index is 12.3. The number of rotatable bonds is 7. The molecule has 2 aromatic carbocycles. The second-order valence-electron chi connectivity index (χ2n) is 5.47. The molecule has 0 saturated heterocycles. The van der Waals surface area contributed by atoms with Crippen LogP contribution in [0.3, 0.4) is 0 Å². The van der Waals surface area contributed by atoms with E-state index in [9.17, 15) is 13.6 Å². The number of ether oxygens (including phenoxy) is 1. The number of alkyl halides is 2. The molecule has 4 nitrogen and oxygen atoms in total. The molecule has 25 heavy (non-hydrogen) atoms. The molecule has 0 aromatic heterocycles. The number of benzene rings is 2. The lowest BCUT2D eigenvalue weighted by molar-refractivity contribution is -0.117. The van der Waals surface area contributed by atoms with E-state index in [-0.39, 0.29) is 18.3 Å². The van der Waals surface area contributed by atoms with E-state index in [1.807, 2.05) is 30.3 Å². The maximum absolute atomic E-state index is 12.3. The molecule has 7 heteroatoms. The predicted molar refractivity (Wildman–Crippen MR) is 96.7 cm³/mol. The number of carbonyl (C=O) groups excluding carboxylic acids is 1. The van der Waals surface area contributed by atoms with E-state index in [1.165, 1.54) is 6.07 Å². The zero-order valence-electron chi connectivity index (χ0n) is 13.7. The van der Waals surface area contributed by atoms with Crippen molar-refractivity contribution in [3.8, 4) is 5.75 Å². The second-order valence-corrected chi connectivity index (χ2v) is 5.47. The molecule has 136 valence electrons. The Morgan fingerprint density at radius 2 is 1.88 bits per heavy atom. The molecule has 0 saturated carbocycles. The summed E-state index contributed by atoms with van der Waals surface area (Å²) < 4.78 is 29.6. The van der Waals surface area contributed by atoms with Crippen LogP contribution in [0.25, 0.3) is 0 Å². The molecule has 1 amide bonds. The highest BCUT2D eigenvalue weighted by Gasteiger charge is 2.15. The third kappa shape index (κ3) is 6.68. The Labute approximate surface area is 151 Å². The van der Waals surface area contributed by atoms with Crippen molar-refractivity contribution >= 4 is 24.0 Å². The summed E-state index contributed by atoms with van der Waals surface area (Å²) in [5.41, 5.74) is 8.05. The number of nitrogens with one attached hydrogen (secondary N) is 1. The van der Waals surface area contributed by atoms with Gasteiger partial charge in [0.1, 0.15) is 12.4 Å². The van der Waals surface area contributed by atoms with Crippen LogP contribution in [0.4, 0.5) is 14.5 Å². The minimum atomic E-state index is -2.55. The molecule has 0 aliphatic heterocycles. The van der Waals surface area contributed by atoms with Crippen molar-refractivity contribution in [3.63, 3.8) is 0 Å². The lowest BCUT2D eigenvalue weighted by atomic mass is 10.1. The van der Waals surface area contributed by atoms with Gasteiger partial charge in [-0.25, -0.2) is 8.78 Å². The summed E-state index contributed by atoms with van der Waals surface area (Å²) in [6.07, 6.45) is -2.14. The average Bonchev–Trinajstić information content (AvgIpc) is 2.56. The first-order chi connectivity index (χ1) is 11.5. The fourth-order valence-corrected chi connectivity index (χ4v) is 2.18. The zero-order chi connectivity index (χ0) is 17.5. The fraction of sp³-hybridized carbons (Fsp3) is 0.278. The minimum absolute atomic E-state index is 0. The third-order valence-electron chi connectivity index (χ3n) is 3.46. The summed E-state index contributed by atoms with van der Waals surface area (Å²) in [4.78, 5) is 12.2. The van der Waals surface area contributed by atoms with E-state index in [0.717, 1.165) is 5.56 Å². The van der Waals surface area contributed by atoms with Crippen molar-refractivity contribution in [1.82, 2.24) is 0 Å². The topological polar surface area (TPSA) is 64.4 Å². The minimum Gasteiger partial charge on any atom is -0.487 e. The zero-order valence-corrected chi connectivity index (χ0v) is 14.6. The monoisotopic (exact) mass is 370 g/mol. The van der Waals surface area contributed by atoms with Crippen molar-refractivity contribution < 1.29 is 18.3 Å². The van der Waals surface area contributed by atoms with Crippen molar-refractivity contribution in [2.75, 3.05) is 11.9 Å². The number of halogens is 3. The van der Waals surface area contributed by atoms with Gasteiger partial charge in [-0.2, -0.15) is 0 Å². The third-order valence-corrected chi connectivity index (χ3v) is 3.46. The largest absolute Gasteiger partial charge is 0.487 e. The Hall–Kier alpha value is -2.18. The van der Waals surface area contributed by atoms with Gasteiger partial charge in [0.2, 0.25) is 5.91 Å². The van der Waals surface area contributed by atoms with Crippen LogP contribution in [0, 0.1) is 6.92 Å². The highest BCUT2D eigenvalue weighted by Crippen LogP contribution is 2.23. The Balaban J connectivity index is 0.00000312. The predicted octanol–water partition coefficient (Wildman–Crippen LogP) is 3.57. The number of amides is 1. The van der Waals surface area contributed by atoms with Crippen LogP contribution >= 0.6 is 12.4 Å². The Morgan fingerprint density at radius 1 is 1.20 bits per heavy atom. The molecule has 0 spiro atoms. The van der Waals surface area contributed by atoms with Crippen molar-refractivity contribution in [1.29, 1.82) is 0 Å². The van der Waals surface area contributed by atoms with Gasteiger partial charge in [0.25, 0.3) is 6.43 Å². The van der Waals surface area contributed by atoms with Crippen LogP contribution in [0.2, 0.25) is 0 Å². The first-order valence-corrected chi connectivity index (χ1v) is 7.57. The van der Waals surface area contributed by atoms with Crippen LogP contribution in [-0.2, 0) is 11.2 Å². The number of hydrogen-bond acceptors (Lipinski definition) is 3. The van der Waals surface area contributed by atoms with Crippen molar-refractivity contribution in [2.24, 2.45) is 5.73 Å². The summed E-state index contributed by atoms with van der Waals surface area (Å²) in [7, 11) is 0. The number of anilines is 1. The van der Waals surface area contributed by atoms with Crippen LogP contribution in [0.1, 0.15) is 11.1 Å². The highest BCUT2D eigenvalue weighted by atomic mass is 35.5. The Kier molecular flexibility index (Phi) is 8.31. The van der Waals surface area contributed by atoms with E-state index in [2.05, 4.69) is 5.32 Å². The molecule has 0 radical (unpaired) electrons.